The molecule has 5 heteroatoms. The molecule has 3 N–H and O–H groups in total. The zero-order valence-corrected chi connectivity index (χ0v) is 14.0. The fourth-order valence-corrected chi connectivity index (χ4v) is 2.79. The van der Waals surface area contributed by atoms with Crippen LogP contribution in [0.5, 0.6) is 0 Å². The fourth-order valence-electron chi connectivity index (χ4n) is 2.79. The molecule has 0 aromatic rings. The van der Waals surface area contributed by atoms with Crippen molar-refractivity contribution >= 4 is 0 Å². The van der Waals surface area contributed by atoms with Crippen LogP contribution >= 0.6 is 0 Å². The molecular formula is C17H34O5. The van der Waals surface area contributed by atoms with Crippen LogP contribution < -0.4 is 0 Å². The molecule has 5 nitrogen and oxygen atoms in total. The average Bonchev–Trinajstić information content (AvgIpc) is 2.80. The molecule has 1 aliphatic heterocycles. The van der Waals surface area contributed by atoms with Gasteiger partial charge in [-0.3, -0.25) is 0 Å². The van der Waals surface area contributed by atoms with Gasteiger partial charge >= 0.3 is 0 Å². The van der Waals surface area contributed by atoms with Crippen LogP contribution in [0.15, 0.2) is 0 Å². The van der Waals surface area contributed by atoms with E-state index in [2.05, 4.69) is 6.92 Å². The summed E-state index contributed by atoms with van der Waals surface area (Å²) in [7, 11) is 0. The smallest absolute Gasteiger partial charge is 0.186 e. The number of aliphatic hydroxyl groups is 3. The van der Waals surface area contributed by atoms with E-state index in [1.807, 2.05) is 0 Å². The lowest BCUT2D eigenvalue weighted by molar-refractivity contribution is -0.169. The lowest BCUT2D eigenvalue weighted by Crippen LogP contribution is -2.34. The van der Waals surface area contributed by atoms with Gasteiger partial charge in [0.25, 0.3) is 0 Å². The second kappa shape index (κ2) is 12.3. The van der Waals surface area contributed by atoms with Gasteiger partial charge in [-0.25, -0.2) is 0 Å². The van der Waals surface area contributed by atoms with Gasteiger partial charge in [-0.05, 0) is 6.42 Å². The predicted octanol–water partition coefficient (Wildman–Crippen LogP) is 2.36. The van der Waals surface area contributed by atoms with Gasteiger partial charge in [-0.2, -0.15) is 0 Å². The Morgan fingerprint density at radius 2 is 1.36 bits per heavy atom. The number of rotatable bonds is 13. The quantitative estimate of drug-likeness (QED) is 0.454. The topological polar surface area (TPSA) is 79.2 Å². The molecule has 0 radical (unpaired) electrons. The van der Waals surface area contributed by atoms with Crippen LogP contribution in [0.2, 0.25) is 0 Å². The minimum absolute atomic E-state index is 0.309. The highest BCUT2D eigenvalue weighted by Gasteiger charge is 2.42. The van der Waals surface area contributed by atoms with Crippen molar-refractivity contribution in [1.29, 1.82) is 0 Å². The van der Waals surface area contributed by atoms with Gasteiger partial charge in [0.1, 0.15) is 18.3 Å². The molecule has 132 valence electrons. The van der Waals surface area contributed by atoms with Gasteiger partial charge in [0.15, 0.2) is 6.29 Å². The van der Waals surface area contributed by atoms with Crippen LogP contribution in [0, 0.1) is 0 Å². The van der Waals surface area contributed by atoms with E-state index in [1.54, 1.807) is 0 Å². The van der Waals surface area contributed by atoms with Gasteiger partial charge in [-0.1, -0.05) is 64.7 Å². The van der Waals surface area contributed by atoms with Crippen molar-refractivity contribution < 1.29 is 24.8 Å². The van der Waals surface area contributed by atoms with Crippen molar-refractivity contribution in [3.63, 3.8) is 0 Å². The van der Waals surface area contributed by atoms with E-state index in [9.17, 15) is 10.2 Å². The molecule has 1 aliphatic rings. The molecule has 1 fully saturated rings. The molecule has 0 spiro atoms. The minimum Gasteiger partial charge on any atom is -0.394 e. The molecule has 0 amide bonds. The van der Waals surface area contributed by atoms with Crippen molar-refractivity contribution in [3.05, 3.63) is 0 Å². The van der Waals surface area contributed by atoms with E-state index < -0.39 is 24.6 Å². The van der Waals surface area contributed by atoms with Gasteiger partial charge in [0.2, 0.25) is 0 Å². The van der Waals surface area contributed by atoms with Gasteiger partial charge < -0.3 is 24.8 Å². The average molecular weight is 318 g/mol. The third kappa shape index (κ3) is 7.38. The molecule has 0 saturated carbocycles. The van der Waals surface area contributed by atoms with Crippen LogP contribution in [0.3, 0.4) is 0 Å². The zero-order valence-electron chi connectivity index (χ0n) is 14.0. The summed E-state index contributed by atoms with van der Waals surface area (Å²) in [4.78, 5) is 0. The van der Waals surface area contributed by atoms with E-state index >= 15 is 0 Å². The van der Waals surface area contributed by atoms with Crippen molar-refractivity contribution in [2.45, 2.75) is 95.7 Å². The van der Waals surface area contributed by atoms with Crippen LogP contribution in [0.1, 0.15) is 71.1 Å². The summed E-state index contributed by atoms with van der Waals surface area (Å²) in [5.74, 6) is 0. The number of hydrogen-bond donors (Lipinski definition) is 3. The number of hydrogen-bond acceptors (Lipinski definition) is 5. The Kier molecular flexibility index (Phi) is 11.1. The highest BCUT2D eigenvalue weighted by atomic mass is 16.7. The maximum atomic E-state index is 9.71. The highest BCUT2D eigenvalue weighted by Crippen LogP contribution is 2.22. The van der Waals surface area contributed by atoms with Crippen LogP contribution in [0.4, 0.5) is 0 Å². The maximum Gasteiger partial charge on any atom is 0.186 e. The van der Waals surface area contributed by atoms with Crippen LogP contribution in [0.25, 0.3) is 0 Å². The molecule has 0 aromatic carbocycles. The van der Waals surface area contributed by atoms with E-state index in [1.165, 1.54) is 51.4 Å². The van der Waals surface area contributed by atoms with Crippen molar-refractivity contribution in [2.24, 2.45) is 0 Å². The number of unbranched alkanes of at least 4 members (excludes halogenated alkanes) is 9. The lowest BCUT2D eigenvalue weighted by atomic mass is 10.1. The minimum atomic E-state index is -1.07. The number of aliphatic hydroxyl groups excluding tert-OH is 3. The Hall–Kier alpha value is -0.200. The van der Waals surface area contributed by atoms with Gasteiger partial charge in [0.05, 0.1) is 6.61 Å². The first-order valence-electron chi connectivity index (χ1n) is 8.94. The summed E-state index contributed by atoms with van der Waals surface area (Å²) in [6.07, 6.45) is 8.91. The Balaban J connectivity index is 1.89. The number of ether oxygens (including phenoxy) is 2. The van der Waals surface area contributed by atoms with E-state index in [0.29, 0.717) is 6.61 Å². The van der Waals surface area contributed by atoms with Gasteiger partial charge in [0, 0.05) is 6.61 Å². The maximum absolute atomic E-state index is 9.71. The molecule has 1 unspecified atom stereocenters. The Morgan fingerprint density at radius 1 is 0.818 bits per heavy atom. The Labute approximate surface area is 134 Å². The van der Waals surface area contributed by atoms with E-state index in [4.69, 9.17) is 14.6 Å². The SMILES string of the molecule is CCCCCCCCCCCCOC1O[C@H](CO)[C@@H](O)[C@@H]1O. The van der Waals surface area contributed by atoms with Crippen molar-refractivity contribution in [3.8, 4) is 0 Å². The standard InChI is InChI=1S/C17H34O5/c1-2-3-4-5-6-7-8-9-10-11-12-21-17-16(20)15(19)14(13-18)22-17/h14-20H,2-13H2,1H3/t14-,15-,16+,17?/m1/s1. The second-order valence-corrected chi connectivity index (χ2v) is 6.26. The second-order valence-electron chi connectivity index (χ2n) is 6.26. The van der Waals surface area contributed by atoms with Crippen molar-refractivity contribution in [2.75, 3.05) is 13.2 Å². The van der Waals surface area contributed by atoms with Gasteiger partial charge in [-0.15, -0.1) is 0 Å². The molecule has 0 aromatic heterocycles. The lowest BCUT2D eigenvalue weighted by Gasteiger charge is -2.15. The van der Waals surface area contributed by atoms with E-state index in [0.717, 1.165) is 12.8 Å². The molecular weight excluding hydrogens is 284 g/mol. The third-order valence-corrected chi connectivity index (χ3v) is 4.28. The molecule has 0 aliphatic carbocycles. The molecule has 1 heterocycles. The fraction of sp³-hybridized carbons (Fsp3) is 1.00. The first-order chi connectivity index (χ1) is 10.7. The summed E-state index contributed by atoms with van der Waals surface area (Å²) < 4.78 is 10.7. The zero-order chi connectivity index (χ0) is 16.2. The van der Waals surface area contributed by atoms with Crippen molar-refractivity contribution in [1.82, 2.24) is 0 Å². The summed E-state index contributed by atoms with van der Waals surface area (Å²) in [6, 6.07) is 0. The summed E-state index contributed by atoms with van der Waals surface area (Å²) in [5, 5.41) is 28.3. The highest BCUT2D eigenvalue weighted by molar-refractivity contribution is 4.86. The molecule has 4 atom stereocenters. The normalized spacial score (nSPS) is 28.4. The molecule has 0 bridgehead atoms. The monoisotopic (exact) mass is 318 g/mol. The third-order valence-electron chi connectivity index (χ3n) is 4.28. The molecule has 1 rings (SSSR count). The first kappa shape index (κ1) is 19.8. The predicted molar refractivity (Wildman–Crippen MR) is 85.6 cm³/mol. The molecule has 1 saturated heterocycles. The van der Waals surface area contributed by atoms with Crippen LogP contribution in [-0.4, -0.2) is 53.1 Å². The Bertz CT molecular complexity index is 261. The summed E-state index contributed by atoms with van der Waals surface area (Å²) >= 11 is 0. The Morgan fingerprint density at radius 3 is 1.86 bits per heavy atom. The van der Waals surface area contributed by atoms with E-state index in [-0.39, 0.29) is 6.61 Å². The first-order valence-corrected chi connectivity index (χ1v) is 8.94. The van der Waals surface area contributed by atoms with Crippen LogP contribution in [-0.2, 0) is 9.47 Å². The summed E-state index contributed by atoms with van der Waals surface area (Å²) in [5.41, 5.74) is 0. The molecule has 22 heavy (non-hydrogen) atoms. The summed E-state index contributed by atoms with van der Waals surface area (Å²) in [6.45, 7) is 2.45. The largest absolute Gasteiger partial charge is 0.394 e.